The van der Waals surface area contributed by atoms with E-state index in [9.17, 15) is 0 Å². The quantitative estimate of drug-likeness (QED) is 0.429. The number of unbranched alkanes of at least 4 members (excludes halogenated alkanes) is 6. The predicted octanol–water partition coefficient (Wildman–Crippen LogP) is 1.84. The summed E-state index contributed by atoms with van der Waals surface area (Å²) >= 11 is 0. The minimum atomic E-state index is -0.177. The maximum Gasteiger partial charge on any atom is 0.0512 e. The molecule has 0 amide bonds. The van der Waals surface area contributed by atoms with Gasteiger partial charge in [0.25, 0.3) is 0 Å². The minimum Gasteiger partial charge on any atom is -0.396 e. The molecule has 18 heavy (non-hydrogen) atoms. The van der Waals surface area contributed by atoms with E-state index in [2.05, 4.69) is 0 Å². The van der Waals surface area contributed by atoms with Crippen LogP contribution in [0.1, 0.15) is 64.7 Å². The van der Waals surface area contributed by atoms with Gasteiger partial charge in [0.05, 0.1) is 6.10 Å². The molecule has 0 aliphatic rings. The van der Waals surface area contributed by atoms with Crippen LogP contribution >= 0.6 is 0 Å². The van der Waals surface area contributed by atoms with Crippen LogP contribution < -0.4 is 0 Å². The molecule has 0 heterocycles. The third-order valence-corrected chi connectivity index (χ3v) is 2.60. The summed E-state index contributed by atoms with van der Waals surface area (Å²) in [6.45, 7) is 2.68. The molecule has 1 unspecified atom stereocenters. The molecule has 4 heteroatoms. The highest BCUT2D eigenvalue weighted by Crippen LogP contribution is 2.02. The van der Waals surface area contributed by atoms with Gasteiger partial charge in [-0.3, -0.25) is 0 Å². The van der Waals surface area contributed by atoms with E-state index in [4.69, 9.17) is 20.4 Å². The van der Waals surface area contributed by atoms with Crippen LogP contribution in [0.5, 0.6) is 0 Å². The second-order valence-corrected chi connectivity index (χ2v) is 4.64. The molecule has 0 aliphatic carbocycles. The van der Waals surface area contributed by atoms with Crippen molar-refractivity contribution in [3.63, 3.8) is 0 Å². The van der Waals surface area contributed by atoms with Crippen molar-refractivity contribution in [2.24, 2.45) is 0 Å². The van der Waals surface area contributed by atoms with Gasteiger partial charge in [0, 0.05) is 19.8 Å². The summed E-state index contributed by atoms with van der Waals surface area (Å²) in [6.07, 6.45) is 8.75. The van der Waals surface area contributed by atoms with E-state index in [-0.39, 0.29) is 12.7 Å². The molecule has 0 aromatic heterocycles. The molecule has 1 atom stereocenters. The third-order valence-electron chi connectivity index (χ3n) is 2.60. The van der Waals surface area contributed by atoms with Crippen molar-refractivity contribution in [3.8, 4) is 0 Å². The van der Waals surface area contributed by atoms with Crippen LogP contribution in [0.2, 0.25) is 0 Å². The van der Waals surface area contributed by atoms with Crippen LogP contribution in [0.15, 0.2) is 0 Å². The maximum atomic E-state index is 8.79. The van der Waals surface area contributed by atoms with Gasteiger partial charge in [-0.15, -0.1) is 0 Å². The Labute approximate surface area is 112 Å². The Morgan fingerprint density at radius 1 is 0.611 bits per heavy atom. The van der Waals surface area contributed by atoms with Crippen molar-refractivity contribution in [2.45, 2.75) is 70.8 Å². The smallest absolute Gasteiger partial charge is 0.0512 e. The summed E-state index contributed by atoms with van der Waals surface area (Å²) in [6, 6.07) is 0. The number of hydrogen-bond donors (Lipinski definition) is 4. The first-order chi connectivity index (χ1) is 8.68. The zero-order chi connectivity index (χ0) is 14.1. The zero-order valence-electron chi connectivity index (χ0n) is 11.9. The van der Waals surface area contributed by atoms with Crippen molar-refractivity contribution in [1.82, 2.24) is 0 Å². The van der Waals surface area contributed by atoms with Crippen molar-refractivity contribution in [1.29, 1.82) is 0 Å². The molecular formula is C14H32O4. The fourth-order valence-corrected chi connectivity index (χ4v) is 1.48. The Hall–Kier alpha value is -0.160. The second-order valence-electron chi connectivity index (χ2n) is 4.64. The molecule has 0 spiro atoms. The monoisotopic (exact) mass is 264 g/mol. The van der Waals surface area contributed by atoms with Gasteiger partial charge in [0.15, 0.2) is 0 Å². The van der Waals surface area contributed by atoms with Crippen molar-refractivity contribution >= 4 is 0 Å². The van der Waals surface area contributed by atoms with E-state index in [0.29, 0.717) is 13.2 Å². The van der Waals surface area contributed by atoms with Crippen LogP contribution in [-0.2, 0) is 0 Å². The second kappa shape index (κ2) is 19.2. The SMILES string of the molecule is CC(O)CCCCCO.OCCCCCCCO. The molecule has 0 fully saturated rings. The van der Waals surface area contributed by atoms with E-state index in [1.165, 1.54) is 0 Å². The van der Waals surface area contributed by atoms with Crippen LogP contribution in [0.3, 0.4) is 0 Å². The highest BCUT2D eigenvalue weighted by molar-refractivity contribution is 4.47. The van der Waals surface area contributed by atoms with Crippen LogP contribution in [0, 0.1) is 0 Å². The lowest BCUT2D eigenvalue weighted by molar-refractivity contribution is 0.178. The van der Waals surface area contributed by atoms with Gasteiger partial charge >= 0.3 is 0 Å². The predicted molar refractivity (Wildman–Crippen MR) is 74.5 cm³/mol. The molecule has 0 aromatic rings. The summed E-state index contributed by atoms with van der Waals surface area (Å²) in [5, 5.41) is 33.9. The lowest BCUT2D eigenvalue weighted by Crippen LogP contribution is -1.98. The molecule has 0 saturated carbocycles. The Balaban J connectivity index is 0. The minimum absolute atomic E-state index is 0.177. The zero-order valence-corrected chi connectivity index (χ0v) is 11.9. The van der Waals surface area contributed by atoms with Gasteiger partial charge < -0.3 is 20.4 Å². The highest BCUT2D eigenvalue weighted by Gasteiger charge is 1.93. The Kier molecular flexibility index (Phi) is 21.5. The van der Waals surface area contributed by atoms with Gasteiger partial charge in [0.2, 0.25) is 0 Å². The summed E-state index contributed by atoms with van der Waals surface area (Å²) in [5.74, 6) is 0. The van der Waals surface area contributed by atoms with Gasteiger partial charge in [0.1, 0.15) is 0 Å². The van der Waals surface area contributed by atoms with E-state index in [1.807, 2.05) is 0 Å². The van der Waals surface area contributed by atoms with E-state index in [1.54, 1.807) is 6.92 Å². The maximum absolute atomic E-state index is 8.79. The van der Waals surface area contributed by atoms with Crippen LogP contribution in [0.25, 0.3) is 0 Å². The number of aliphatic hydroxyl groups excluding tert-OH is 4. The highest BCUT2D eigenvalue weighted by atomic mass is 16.3. The molecule has 0 saturated heterocycles. The average molecular weight is 264 g/mol. The summed E-state index contributed by atoms with van der Waals surface area (Å²) < 4.78 is 0. The molecule has 0 radical (unpaired) electrons. The van der Waals surface area contributed by atoms with Gasteiger partial charge in [-0.05, 0) is 32.6 Å². The first kappa shape index (κ1) is 20.2. The first-order valence-corrected chi connectivity index (χ1v) is 7.19. The van der Waals surface area contributed by atoms with E-state index in [0.717, 1.165) is 57.8 Å². The summed E-state index contributed by atoms with van der Waals surface area (Å²) in [4.78, 5) is 0. The number of hydrogen-bond acceptors (Lipinski definition) is 4. The van der Waals surface area contributed by atoms with Crippen LogP contribution in [-0.4, -0.2) is 46.4 Å². The fraction of sp³-hybridized carbons (Fsp3) is 1.00. The topological polar surface area (TPSA) is 80.9 Å². The lowest BCUT2D eigenvalue weighted by atomic mass is 10.1. The summed E-state index contributed by atoms with van der Waals surface area (Å²) in [5.41, 5.74) is 0. The van der Waals surface area contributed by atoms with E-state index < -0.39 is 0 Å². The lowest BCUT2D eigenvalue weighted by Gasteiger charge is -2.01. The molecule has 112 valence electrons. The van der Waals surface area contributed by atoms with Crippen molar-refractivity contribution < 1.29 is 20.4 Å². The Morgan fingerprint density at radius 3 is 1.28 bits per heavy atom. The normalized spacial score (nSPS) is 11.8. The van der Waals surface area contributed by atoms with Gasteiger partial charge in [-0.1, -0.05) is 32.1 Å². The summed E-state index contributed by atoms with van der Waals surface area (Å²) in [7, 11) is 0. The molecule has 4 nitrogen and oxygen atoms in total. The number of rotatable bonds is 11. The molecular weight excluding hydrogens is 232 g/mol. The Bertz CT molecular complexity index is 123. The van der Waals surface area contributed by atoms with Crippen molar-refractivity contribution in [3.05, 3.63) is 0 Å². The van der Waals surface area contributed by atoms with E-state index >= 15 is 0 Å². The molecule has 4 N–H and O–H groups in total. The molecule has 0 rings (SSSR count). The molecule has 0 bridgehead atoms. The fourth-order valence-electron chi connectivity index (χ4n) is 1.48. The average Bonchev–Trinajstić information content (AvgIpc) is 2.35. The molecule has 0 aliphatic heterocycles. The molecule has 0 aromatic carbocycles. The van der Waals surface area contributed by atoms with Crippen LogP contribution in [0.4, 0.5) is 0 Å². The first-order valence-electron chi connectivity index (χ1n) is 7.19. The Morgan fingerprint density at radius 2 is 0.944 bits per heavy atom. The largest absolute Gasteiger partial charge is 0.396 e. The third kappa shape index (κ3) is 24.9. The van der Waals surface area contributed by atoms with Crippen molar-refractivity contribution in [2.75, 3.05) is 19.8 Å². The standard InChI is InChI=1S/2C7H16O2/c1-7(9)5-3-2-4-6-8;8-6-4-2-1-3-5-7-9/h7-9H,2-6H2,1H3;8-9H,1-7H2. The van der Waals surface area contributed by atoms with Gasteiger partial charge in [-0.2, -0.15) is 0 Å². The number of aliphatic hydroxyl groups is 4. The van der Waals surface area contributed by atoms with Gasteiger partial charge in [-0.25, -0.2) is 0 Å².